The molecule has 0 amide bonds. The van der Waals surface area contributed by atoms with Crippen molar-refractivity contribution >= 4 is 17.3 Å². The first-order valence-corrected chi connectivity index (χ1v) is 6.68. The highest BCUT2D eigenvalue weighted by atomic mass is 35.5. The second-order valence-corrected chi connectivity index (χ2v) is 5.10. The normalized spacial score (nSPS) is 10.6. The van der Waals surface area contributed by atoms with Crippen molar-refractivity contribution in [3.8, 4) is 5.75 Å². The maximum absolute atomic E-state index is 10.1. The minimum Gasteiger partial charge on any atom is -0.506 e. The second-order valence-electron chi connectivity index (χ2n) is 4.69. The topological polar surface area (TPSA) is 65.4 Å². The van der Waals surface area contributed by atoms with Crippen molar-refractivity contribution in [3.05, 3.63) is 51.8 Å². The van der Waals surface area contributed by atoms with Gasteiger partial charge in [0.1, 0.15) is 5.75 Å². The molecular weight excluding hydrogens is 276 g/mol. The number of halogens is 1. The molecule has 0 unspecified atom stereocenters. The first kappa shape index (κ1) is 14.6. The van der Waals surface area contributed by atoms with Crippen LogP contribution >= 0.6 is 11.6 Å². The van der Waals surface area contributed by atoms with E-state index < -0.39 is 0 Å². The Bertz CT molecular complexity index is 630. The van der Waals surface area contributed by atoms with Gasteiger partial charge in [-0.1, -0.05) is 17.7 Å². The van der Waals surface area contributed by atoms with Crippen LogP contribution in [0.5, 0.6) is 5.75 Å². The van der Waals surface area contributed by atoms with Crippen LogP contribution in [0, 0.1) is 13.8 Å². The van der Waals surface area contributed by atoms with Gasteiger partial charge in [0.2, 0.25) is 0 Å². The first-order valence-electron chi connectivity index (χ1n) is 6.30. The monoisotopic (exact) mass is 292 g/mol. The smallest absolute Gasteiger partial charge is 0.142 e. The van der Waals surface area contributed by atoms with Crippen molar-refractivity contribution in [2.75, 3.05) is 5.32 Å². The Labute approximate surface area is 123 Å². The van der Waals surface area contributed by atoms with E-state index in [4.69, 9.17) is 11.6 Å². The van der Waals surface area contributed by atoms with Crippen molar-refractivity contribution in [1.29, 1.82) is 0 Å². The lowest BCUT2D eigenvalue weighted by Gasteiger charge is -2.14. The fraction of sp³-hybridized carbons (Fsp3) is 0.267. The van der Waals surface area contributed by atoms with Crippen molar-refractivity contribution < 1.29 is 10.2 Å². The standard InChI is InChI=1S/C15H17ClN2O2/c1-9-3-4-14(13(16)5-9)18-7-12-11(8-19)6-17-10(2)15(12)20/h3-6,18-20H,7-8H2,1-2H3. The van der Waals surface area contributed by atoms with Gasteiger partial charge in [0.15, 0.2) is 0 Å². The van der Waals surface area contributed by atoms with E-state index in [1.165, 1.54) is 0 Å². The van der Waals surface area contributed by atoms with E-state index in [-0.39, 0.29) is 12.4 Å². The molecule has 0 aliphatic carbocycles. The van der Waals surface area contributed by atoms with Gasteiger partial charge < -0.3 is 15.5 Å². The molecule has 0 atom stereocenters. The maximum atomic E-state index is 10.1. The van der Waals surface area contributed by atoms with Crippen LogP contribution in [-0.4, -0.2) is 15.2 Å². The molecule has 1 heterocycles. The highest BCUT2D eigenvalue weighted by Gasteiger charge is 2.11. The second kappa shape index (κ2) is 6.11. The maximum Gasteiger partial charge on any atom is 0.142 e. The van der Waals surface area contributed by atoms with Crippen LogP contribution in [0.2, 0.25) is 5.02 Å². The van der Waals surface area contributed by atoms with Crippen LogP contribution in [0.4, 0.5) is 5.69 Å². The lowest BCUT2D eigenvalue weighted by atomic mass is 10.1. The molecule has 1 aromatic carbocycles. The predicted molar refractivity (Wildman–Crippen MR) is 80.1 cm³/mol. The van der Waals surface area contributed by atoms with E-state index in [0.717, 1.165) is 11.3 Å². The first-order chi connectivity index (χ1) is 9.52. The van der Waals surface area contributed by atoms with Gasteiger partial charge >= 0.3 is 0 Å². The van der Waals surface area contributed by atoms with Crippen molar-refractivity contribution in [2.24, 2.45) is 0 Å². The summed E-state index contributed by atoms with van der Waals surface area (Å²) in [6.07, 6.45) is 1.57. The summed E-state index contributed by atoms with van der Waals surface area (Å²) >= 11 is 6.15. The number of aromatic nitrogens is 1. The Balaban J connectivity index is 2.24. The van der Waals surface area contributed by atoms with E-state index in [0.29, 0.717) is 28.4 Å². The Hall–Kier alpha value is -1.78. The Morgan fingerprint density at radius 3 is 2.70 bits per heavy atom. The summed E-state index contributed by atoms with van der Waals surface area (Å²) in [5.74, 6) is 0.104. The Kier molecular flexibility index (Phi) is 4.47. The summed E-state index contributed by atoms with van der Waals surface area (Å²) in [6.45, 7) is 3.89. The molecule has 0 spiro atoms. The molecule has 0 bridgehead atoms. The van der Waals surface area contributed by atoms with E-state index in [2.05, 4.69) is 10.3 Å². The third kappa shape index (κ3) is 3.03. The summed E-state index contributed by atoms with van der Waals surface area (Å²) < 4.78 is 0. The minimum absolute atomic E-state index is 0.104. The van der Waals surface area contributed by atoms with Crippen molar-refractivity contribution in [2.45, 2.75) is 27.0 Å². The van der Waals surface area contributed by atoms with Crippen molar-refractivity contribution in [3.63, 3.8) is 0 Å². The van der Waals surface area contributed by atoms with Gasteiger partial charge in [0, 0.05) is 23.9 Å². The lowest BCUT2D eigenvalue weighted by molar-refractivity contribution is 0.279. The van der Waals surface area contributed by atoms with Crippen LogP contribution in [0.25, 0.3) is 0 Å². The number of pyridine rings is 1. The van der Waals surface area contributed by atoms with Crippen LogP contribution in [0.15, 0.2) is 24.4 Å². The molecule has 0 saturated heterocycles. The average molecular weight is 293 g/mol. The number of nitrogens with zero attached hydrogens (tertiary/aromatic N) is 1. The minimum atomic E-state index is -0.167. The number of aromatic hydroxyl groups is 1. The highest BCUT2D eigenvalue weighted by Crippen LogP contribution is 2.27. The molecule has 0 radical (unpaired) electrons. The zero-order chi connectivity index (χ0) is 14.7. The number of anilines is 1. The molecule has 2 aromatic rings. The van der Waals surface area contributed by atoms with Gasteiger partial charge in [-0.25, -0.2) is 0 Å². The summed E-state index contributed by atoms with van der Waals surface area (Å²) in [6, 6.07) is 5.72. The number of benzene rings is 1. The van der Waals surface area contributed by atoms with Gasteiger partial charge in [-0.2, -0.15) is 0 Å². The lowest BCUT2D eigenvalue weighted by Crippen LogP contribution is -2.06. The van der Waals surface area contributed by atoms with Crippen LogP contribution < -0.4 is 5.32 Å². The quantitative estimate of drug-likeness (QED) is 0.810. The number of aryl methyl sites for hydroxylation is 2. The number of hydrogen-bond acceptors (Lipinski definition) is 4. The molecule has 0 saturated carbocycles. The molecular formula is C15H17ClN2O2. The summed E-state index contributed by atoms with van der Waals surface area (Å²) in [4.78, 5) is 4.03. The zero-order valence-electron chi connectivity index (χ0n) is 11.4. The third-order valence-electron chi connectivity index (χ3n) is 3.18. The van der Waals surface area contributed by atoms with Crippen LogP contribution in [0.1, 0.15) is 22.4 Å². The molecule has 0 aliphatic rings. The molecule has 4 nitrogen and oxygen atoms in total. The van der Waals surface area contributed by atoms with Gasteiger partial charge in [-0.05, 0) is 31.5 Å². The Morgan fingerprint density at radius 2 is 2.05 bits per heavy atom. The molecule has 0 aliphatic heterocycles. The molecule has 1 aromatic heterocycles. The van der Waals surface area contributed by atoms with Crippen LogP contribution in [-0.2, 0) is 13.2 Å². The van der Waals surface area contributed by atoms with Crippen LogP contribution in [0.3, 0.4) is 0 Å². The van der Waals surface area contributed by atoms with Gasteiger partial charge in [0.25, 0.3) is 0 Å². The SMILES string of the molecule is Cc1ccc(NCc2c(CO)cnc(C)c2O)c(Cl)c1. The fourth-order valence-corrected chi connectivity index (χ4v) is 2.27. The molecule has 2 rings (SSSR count). The molecule has 20 heavy (non-hydrogen) atoms. The van der Waals surface area contributed by atoms with Gasteiger partial charge in [-0.3, -0.25) is 4.98 Å². The Morgan fingerprint density at radius 1 is 1.30 bits per heavy atom. The number of aliphatic hydroxyl groups is 1. The van der Waals surface area contributed by atoms with Gasteiger partial charge in [0.05, 0.1) is 23.0 Å². The largest absolute Gasteiger partial charge is 0.506 e. The summed E-state index contributed by atoms with van der Waals surface area (Å²) in [5, 5.41) is 23.2. The van der Waals surface area contributed by atoms with Crippen molar-refractivity contribution in [1.82, 2.24) is 4.98 Å². The number of nitrogens with one attached hydrogen (secondary N) is 1. The fourth-order valence-electron chi connectivity index (χ4n) is 1.96. The predicted octanol–water partition coefficient (Wildman–Crippen LogP) is 3.16. The molecule has 0 fully saturated rings. The number of rotatable bonds is 4. The third-order valence-corrected chi connectivity index (χ3v) is 3.49. The zero-order valence-corrected chi connectivity index (χ0v) is 12.2. The van der Waals surface area contributed by atoms with Gasteiger partial charge in [-0.15, -0.1) is 0 Å². The molecule has 106 valence electrons. The van der Waals surface area contributed by atoms with E-state index in [9.17, 15) is 10.2 Å². The van der Waals surface area contributed by atoms with E-state index in [1.54, 1.807) is 13.1 Å². The van der Waals surface area contributed by atoms with E-state index >= 15 is 0 Å². The molecule has 5 heteroatoms. The summed E-state index contributed by atoms with van der Waals surface area (Å²) in [7, 11) is 0. The summed E-state index contributed by atoms with van der Waals surface area (Å²) in [5.41, 5.74) is 3.64. The highest BCUT2D eigenvalue weighted by molar-refractivity contribution is 6.33. The number of hydrogen-bond donors (Lipinski definition) is 3. The number of aliphatic hydroxyl groups excluding tert-OH is 1. The average Bonchev–Trinajstić information content (AvgIpc) is 2.42. The molecule has 3 N–H and O–H groups in total. The van der Waals surface area contributed by atoms with E-state index in [1.807, 2.05) is 25.1 Å².